The summed E-state index contributed by atoms with van der Waals surface area (Å²) in [7, 11) is 1.58. The van der Waals surface area contributed by atoms with Gasteiger partial charge in [0.25, 0.3) is 0 Å². The van der Waals surface area contributed by atoms with Gasteiger partial charge in [-0.15, -0.1) is 0 Å². The van der Waals surface area contributed by atoms with Gasteiger partial charge in [-0.05, 0) is 18.1 Å². The summed E-state index contributed by atoms with van der Waals surface area (Å²) < 4.78 is 5.35. The van der Waals surface area contributed by atoms with E-state index in [1.54, 1.807) is 19.5 Å². The predicted molar refractivity (Wildman–Crippen MR) is 80.0 cm³/mol. The van der Waals surface area contributed by atoms with Gasteiger partial charge in [0.05, 0.1) is 25.3 Å². The molecule has 1 aromatic carbocycles. The normalized spacial score (nSPS) is 13.2. The van der Waals surface area contributed by atoms with Crippen molar-refractivity contribution in [2.24, 2.45) is 0 Å². The number of nitrogens with zero attached hydrogens (tertiary/aromatic N) is 2. The van der Waals surface area contributed by atoms with Crippen molar-refractivity contribution in [2.75, 3.05) is 13.7 Å². The zero-order chi connectivity index (χ0) is 15.1. The molecule has 1 N–H and O–H groups in total. The van der Waals surface area contributed by atoms with Crippen LogP contribution in [-0.4, -0.2) is 23.8 Å². The van der Waals surface area contributed by atoms with Gasteiger partial charge in [-0.1, -0.05) is 30.3 Å². The molecule has 0 aliphatic carbocycles. The molecule has 1 aromatic heterocycles. The lowest BCUT2D eigenvalue weighted by Crippen LogP contribution is -2.13. The summed E-state index contributed by atoms with van der Waals surface area (Å²) in [6.45, 7) is 0.0150. The van der Waals surface area contributed by atoms with Crippen molar-refractivity contribution in [3.63, 3.8) is 0 Å². The molecule has 2 aromatic rings. The Labute approximate surface area is 124 Å². The van der Waals surface area contributed by atoms with Crippen LogP contribution in [0.1, 0.15) is 29.4 Å². The molecule has 108 valence electrons. The minimum Gasteiger partial charge on any atom is -0.495 e. The molecule has 0 unspecified atom stereocenters. The maximum absolute atomic E-state index is 9.61. The number of ether oxygens (including phenoxy) is 1. The highest BCUT2D eigenvalue weighted by Gasteiger charge is 2.26. The zero-order valence-electron chi connectivity index (χ0n) is 11.9. The largest absolute Gasteiger partial charge is 0.495 e. The van der Waals surface area contributed by atoms with Gasteiger partial charge in [0, 0.05) is 24.3 Å². The van der Waals surface area contributed by atoms with Gasteiger partial charge in [0.2, 0.25) is 0 Å². The van der Waals surface area contributed by atoms with Crippen LogP contribution in [0.4, 0.5) is 0 Å². The second kappa shape index (κ2) is 7.41. The van der Waals surface area contributed by atoms with E-state index in [0.717, 1.165) is 11.1 Å². The molecule has 4 nitrogen and oxygen atoms in total. The molecule has 2 rings (SSSR count). The fourth-order valence-electron chi connectivity index (χ4n) is 2.57. The maximum atomic E-state index is 9.61. The van der Waals surface area contributed by atoms with Crippen LogP contribution in [0.3, 0.4) is 0 Å². The van der Waals surface area contributed by atoms with Crippen LogP contribution in [0, 0.1) is 11.3 Å². The summed E-state index contributed by atoms with van der Waals surface area (Å²) in [5, 5.41) is 19.0. The zero-order valence-corrected chi connectivity index (χ0v) is 11.9. The van der Waals surface area contributed by atoms with Gasteiger partial charge < -0.3 is 9.84 Å². The SMILES string of the molecule is COc1cnccc1[C@H](CCO)[C@H](C#N)c1ccccc1. The van der Waals surface area contributed by atoms with Crippen molar-refractivity contribution in [1.82, 2.24) is 4.98 Å². The fraction of sp³-hybridized carbons (Fsp3) is 0.294. The summed E-state index contributed by atoms with van der Waals surface area (Å²) in [4.78, 5) is 4.05. The molecule has 21 heavy (non-hydrogen) atoms. The quantitative estimate of drug-likeness (QED) is 0.884. The van der Waals surface area contributed by atoms with Gasteiger partial charge in [0.1, 0.15) is 5.75 Å². The van der Waals surface area contributed by atoms with Crippen molar-refractivity contribution in [1.29, 1.82) is 5.26 Å². The van der Waals surface area contributed by atoms with Crippen molar-refractivity contribution in [3.8, 4) is 11.8 Å². The maximum Gasteiger partial charge on any atom is 0.140 e. The van der Waals surface area contributed by atoms with Crippen molar-refractivity contribution in [3.05, 3.63) is 59.9 Å². The lowest BCUT2D eigenvalue weighted by Gasteiger charge is -2.23. The Morgan fingerprint density at radius 3 is 2.67 bits per heavy atom. The van der Waals surface area contributed by atoms with E-state index < -0.39 is 0 Å². The van der Waals surface area contributed by atoms with E-state index >= 15 is 0 Å². The molecule has 0 saturated heterocycles. The van der Waals surface area contributed by atoms with E-state index in [9.17, 15) is 10.4 Å². The Morgan fingerprint density at radius 2 is 2.05 bits per heavy atom. The molecule has 4 heteroatoms. The molecular formula is C17H18N2O2. The van der Waals surface area contributed by atoms with Crippen LogP contribution in [0.2, 0.25) is 0 Å². The van der Waals surface area contributed by atoms with E-state index in [1.807, 2.05) is 36.4 Å². The first-order valence-electron chi connectivity index (χ1n) is 6.85. The van der Waals surface area contributed by atoms with Crippen LogP contribution >= 0.6 is 0 Å². The van der Waals surface area contributed by atoms with Gasteiger partial charge in [0.15, 0.2) is 0 Å². The number of methoxy groups -OCH3 is 1. The highest BCUT2D eigenvalue weighted by molar-refractivity contribution is 5.39. The van der Waals surface area contributed by atoms with E-state index in [-0.39, 0.29) is 18.4 Å². The van der Waals surface area contributed by atoms with Gasteiger partial charge in [-0.2, -0.15) is 5.26 Å². The summed E-state index contributed by atoms with van der Waals surface area (Å²) in [6.07, 6.45) is 3.81. The lowest BCUT2D eigenvalue weighted by atomic mass is 9.80. The molecular weight excluding hydrogens is 264 g/mol. The summed E-state index contributed by atoms with van der Waals surface area (Å²) >= 11 is 0. The number of pyridine rings is 1. The second-order valence-corrected chi connectivity index (χ2v) is 4.75. The molecule has 0 spiro atoms. The lowest BCUT2D eigenvalue weighted by molar-refractivity contribution is 0.270. The molecule has 0 aliphatic heterocycles. The highest BCUT2D eigenvalue weighted by atomic mass is 16.5. The van der Waals surface area contributed by atoms with Gasteiger partial charge >= 0.3 is 0 Å². The Kier molecular flexibility index (Phi) is 5.30. The van der Waals surface area contributed by atoms with E-state index in [2.05, 4.69) is 11.1 Å². The molecule has 0 saturated carbocycles. The van der Waals surface area contributed by atoms with Crippen LogP contribution in [-0.2, 0) is 0 Å². The summed E-state index contributed by atoms with van der Waals surface area (Å²) in [5.74, 6) is 0.169. The number of hydrogen-bond donors (Lipinski definition) is 1. The number of aromatic nitrogens is 1. The first-order chi connectivity index (χ1) is 10.3. The smallest absolute Gasteiger partial charge is 0.140 e. The minimum absolute atomic E-state index is 0.0150. The average molecular weight is 282 g/mol. The van der Waals surface area contributed by atoms with E-state index in [4.69, 9.17) is 4.74 Å². The average Bonchev–Trinajstić information content (AvgIpc) is 2.55. The number of hydrogen-bond acceptors (Lipinski definition) is 4. The van der Waals surface area contributed by atoms with Crippen molar-refractivity contribution >= 4 is 0 Å². The highest BCUT2D eigenvalue weighted by Crippen LogP contribution is 2.38. The fourth-order valence-corrected chi connectivity index (χ4v) is 2.57. The van der Waals surface area contributed by atoms with Gasteiger partial charge in [-0.25, -0.2) is 0 Å². The Balaban J connectivity index is 2.44. The predicted octanol–water partition coefficient (Wildman–Crippen LogP) is 2.86. The summed E-state index contributed by atoms with van der Waals surface area (Å²) in [6, 6.07) is 13.8. The van der Waals surface area contributed by atoms with E-state index in [0.29, 0.717) is 12.2 Å². The topological polar surface area (TPSA) is 66.1 Å². The summed E-state index contributed by atoms with van der Waals surface area (Å²) in [5.41, 5.74) is 1.84. The van der Waals surface area contributed by atoms with E-state index in [1.165, 1.54) is 0 Å². The third-order valence-corrected chi connectivity index (χ3v) is 3.58. The second-order valence-electron chi connectivity index (χ2n) is 4.75. The van der Waals surface area contributed by atoms with Crippen LogP contribution in [0.25, 0.3) is 0 Å². The van der Waals surface area contributed by atoms with Crippen LogP contribution in [0.15, 0.2) is 48.8 Å². The van der Waals surface area contributed by atoms with Crippen molar-refractivity contribution < 1.29 is 9.84 Å². The first kappa shape index (κ1) is 15.0. The van der Waals surface area contributed by atoms with Crippen LogP contribution < -0.4 is 4.74 Å². The molecule has 0 aliphatic rings. The third kappa shape index (κ3) is 3.39. The first-order valence-corrected chi connectivity index (χ1v) is 6.85. The molecule has 0 bridgehead atoms. The number of benzene rings is 1. The molecule has 0 fully saturated rings. The number of aliphatic hydroxyl groups is 1. The minimum atomic E-state index is -0.338. The Hall–Kier alpha value is -2.38. The van der Waals surface area contributed by atoms with Crippen LogP contribution in [0.5, 0.6) is 5.75 Å². The Morgan fingerprint density at radius 1 is 1.29 bits per heavy atom. The monoisotopic (exact) mass is 282 g/mol. The third-order valence-electron chi connectivity index (χ3n) is 3.58. The number of nitriles is 1. The Bertz CT molecular complexity index is 608. The molecule has 1 heterocycles. The number of rotatable bonds is 6. The molecule has 0 amide bonds. The standard InChI is InChI=1S/C17H18N2O2/c1-21-17-12-19-9-7-15(17)14(8-10-20)16(11-18)13-5-3-2-4-6-13/h2-7,9,12,14,16,20H,8,10H2,1H3/t14-,16+/m0/s1. The van der Waals surface area contributed by atoms with Gasteiger partial charge in [-0.3, -0.25) is 4.98 Å². The van der Waals surface area contributed by atoms with Crippen molar-refractivity contribution in [2.45, 2.75) is 18.3 Å². The number of aliphatic hydroxyl groups excluding tert-OH is 1. The molecule has 2 atom stereocenters. The molecule has 0 radical (unpaired) electrons.